The van der Waals surface area contributed by atoms with E-state index in [2.05, 4.69) is 115 Å². The number of benzene rings is 4. The fourth-order valence-electron chi connectivity index (χ4n) is 3.78. The van der Waals surface area contributed by atoms with Crippen molar-refractivity contribution >= 4 is 24.8 Å². The summed E-state index contributed by atoms with van der Waals surface area (Å²) in [4.78, 5) is 0. The van der Waals surface area contributed by atoms with Crippen LogP contribution in [0, 0.1) is 6.08 Å². The van der Waals surface area contributed by atoms with Crippen LogP contribution in [0.1, 0.15) is 17.5 Å². The number of hydrogen-bond acceptors (Lipinski definition) is 1. The molecule has 36 heavy (non-hydrogen) atoms. The Bertz CT molecular complexity index is 1370. The molecule has 1 aliphatic carbocycles. The van der Waals surface area contributed by atoms with Crippen molar-refractivity contribution in [3.05, 3.63) is 145 Å². The number of methoxy groups -OCH3 is 1. The Balaban J connectivity index is 0.000000204. The number of allylic oxidation sites excluding steroid dienone is 4. The van der Waals surface area contributed by atoms with Crippen molar-refractivity contribution in [1.29, 1.82) is 0 Å². The van der Waals surface area contributed by atoms with Crippen molar-refractivity contribution in [3.63, 3.8) is 0 Å². The number of rotatable bonds is 3. The number of fused-ring (bicyclic) bond motifs is 3. The van der Waals surface area contributed by atoms with Crippen LogP contribution in [0.5, 0.6) is 5.75 Å². The van der Waals surface area contributed by atoms with E-state index in [0.717, 1.165) is 12.2 Å². The van der Waals surface area contributed by atoms with Crippen molar-refractivity contribution < 1.29 is 53.8 Å². The first-order valence-electron chi connectivity index (χ1n) is 11.3. The summed E-state index contributed by atoms with van der Waals surface area (Å²) in [5.41, 5.74) is 2.66. The van der Waals surface area contributed by atoms with Crippen LogP contribution in [0.15, 0.2) is 127 Å². The predicted molar refractivity (Wildman–Crippen MR) is 141 cm³/mol. The van der Waals surface area contributed by atoms with Crippen molar-refractivity contribution in [2.45, 2.75) is 6.42 Å². The van der Waals surface area contributed by atoms with Crippen molar-refractivity contribution in [2.24, 2.45) is 0 Å². The zero-order valence-corrected chi connectivity index (χ0v) is 24.0. The first kappa shape index (κ1) is 29.6. The van der Waals surface area contributed by atoms with E-state index in [1.807, 2.05) is 18.2 Å². The molecule has 4 heteroatoms. The van der Waals surface area contributed by atoms with Crippen molar-refractivity contribution in [1.82, 2.24) is 0 Å². The normalized spacial score (nSPS) is 10.9. The molecule has 0 saturated carbocycles. The molecule has 0 aromatic heterocycles. The quantitative estimate of drug-likeness (QED) is 0.293. The van der Waals surface area contributed by atoms with E-state index in [1.165, 1.54) is 60.1 Å². The second-order valence-electron chi connectivity index (χ2n) is 7.79. The van der Waals surface area contributed by atoms with Crippen molar-refractivity contribution in [2.75, 3.05) is 7.11 Å². The van der Waals surface area contributed by atoms with E-state index < -0.39 is 0 Å². The van der Waals surface area contributed by atoms with Crippen LogP contribution in [0.25, 0.3) is 21.5 Å². The second-order valence-corrected chi connectivity index (χ2v) is 9.02. The summed E-state index contributed by atoms with van der Waals surface area (Å²) in [6.07, 6.45) is 10.0. The molecule has 5 aromatic rings. The van der Waals surface area contributed by atoms with Gasteiger partial charge in [-0.05, 0) is 6.07 Å². The van der Waals surface area contributed by atoms with Crippen LogP contribution in [0.4, 0.5) is 0 Å². The van der Waals surface area contributed by atoms with Gasteiger partial charge in [0.25, 0.3) is 0 Å². The molecule has 1 aliphatic rings. The molecule has 1 nitrogen and oxygen atoms in total. The van der Waals surface area contributed by atoms with E-state index in [4.69, 9.17) is 4.74 Å². The fourth-order valence-corrected chi connectivity index (χ4v) is 4.60. The van der Waals surface area contributed by atoms with Gasteiger partial charge in [-0.2, -0.15) is 6.08 Å². The van der Waals surface area contributed by atoms with Crippen molar-refractivity contribution in [3.8, 4) is 5.75 Å². The van der Waals surface area contributed by atoms with E-state index in [-0.39, 0.29) is 24.8 Å². The maximum atomic E-state index is 5.22. The summed E-state index contributed by atoms with van der Waals surface area (Å²) >= 11 is 1.46. The second kappa shape index (κ2) is 15.5. The Labute approximate surface area is 241 Å². The maximum absolute atomic E-state index is 5.22. The third-order valence-corrected chi connectivity index (χ3v) is 6.95. The molecule has 0 spiro atoms. The fraction of sp³-hybridized carbons (Fsp3) is 0.0625. The van der Waals surface area contributed by atoms with Crippen LogP contribution in [-0.2, 0) is 24.2 Å². The van der Waals surface area contributed by atoms with E-state index in [9.17, 15) is 0 Å². The zero-order valence-electron chi connectivity index (χ0n) is 20.0. The van der Waals surface area contributed by atoms with E-state index in [1.54, 1.807) is 7.11 Å². The van der Waals surface area contributed by atoms with Gasteiger partial charge in [-0.25, -0.2) is 12.2 Å². The number of halogens is 2. The molecule has 5 aromatic carbocycles. The molecule has 0 N–H and O–H groups in total. The van der Waals surface area contributed by atoms with Gasteiger partial charge in [0.2, 0.25) is 0 Å². The van der Waals surface area contributed by atoms with Crippen LogP contribution < -0.4 is 29.6 Å². The van der Waals surface area contributed by atoms with Gasteiger partial charge in [-0.15, -0.1) is 40.1 Å². The molecule has 180 valence electrons. The zero-order chi connectivity index (χ0) is 23.6. The molecule has 0 unspecified atom stereocenters. The molecular formula is C32H26Cl2OZr-2. The van der Waals surface area contributed by atoms with Crippen LogP contribution in [0.3, 0.4) is 0 Å². The van der Waals surface area contributed by atoms with E-state index in [0.29, 0.717) is 0 Å². The van der Waals surface area contributed by atoms with Crippen LogP contribution >= 0.6 is 0 Å². The average Bonchev–Trinajstić information content (AvgIpc) is 3.61. The summed E-state index contributed by atoms with van der Waals surface area (Å²) in [6, 6.07) is 38.0. The summed E-state index contributed by atoms with van der Waals surface area (Å²) in [7, 11) is 1.70. The Morgan fingerprint density at radius 1 is 0.750 bits per heavy atom. The van der Waals surface area contributed by atoms with Gasteiger partial charge in [0.1, 0.15) is 0 Å². The minimum atomic E-state index is 0. The van der Waals surface area contributed by atoms with Gasteiger partial charge < -0.3 is 29.6 Å². The Kier molecular flexibility index (Phi) is 12.7. The Hall–Kier alpha value is -2.64. The summed E-state index contributed by atoms with van der Waals surface area (Å²) in [5, 5.41) is 5.15. The van der Waals surface area contributed by atoms with Gasteiger partial charge in [-0.1, -0.05) is 30.3 Å². The molecule has 0 aliphatic heterocycles. The van der Waals surface area contributed by atoms with Gasteiger partial charge in [0.15, 0.2) is 0 Å². The number of hydrogen-bond donors (Lipinski definition) is 0. The Morgan fingerprint density at radius 3 is 1.86 bits per heavy atom. The molecule has 0 heterocycles. The predicted octanol–water partition coefficient (Wildman–Crippen LogP) is 1.84. The topological polar surface area (TPSA) is 9.23 Å². The van der Waals surface area contributed by atoms with Gasteiger partial charge >= 0.3 is 99.2 Å². The van der Waals surface area contributed by atoms with E-state index >= 15 is 0 Å². The molecule has 0 bridgehead atoms. The SMILES string of the molecule is COc1ccc2c(c1)[cH-]c1ccccc12.[C-]1=CC=CC1.[Cl-].[Cl-].[Zr+2]=[C](c1ccccc1)c1ccccc1. The summed E-state index contributed by atoms with van der Waals surface area (Å²) < 4.78 is 6.63. The van der Waals surface area contributed by atoms with Gasteiger partial charge in [0.05, 0.1) is 12.9 Å². The molecule has 0 saturated heterocycles. The molecule has 6 rings (SSSR count). The third-order valence-electron chi connectivity index (χ3n) is 5.53. The first-order valence-corrected chi connectivity index (χ1v) is 12.5. The average molecular weight is 589 g/mol. The molecule has 0 radical (unpaired) electrons. The van der Waals surface area contributed by atoms with Crippen LogP contribution in [-0.4, -0.2) is 10.3 Å². The van der Waals surface area contributed by atoms with Gasteiger partial charge in [-0.3, -0.25) is 6.08 Å². The summed E-state index contributed by atoms with van der Waals surface area (Å²) in [6.45, 7) is 0. The molecule has 0 amide bonds. The molecular weight excluding hydrogens is 562 g/mol. The molecule has 0 atom stereocenters. The third kappa shape index (κ3) is 7.94. The monoisotopic (exact) mass is 586 g/mol. The Morgan fingerprint density at radius 2 is 1.33 bits per heavy atom. The minimum absolute atomic E-state index is 0. The first-order chi connectivity index (χ1) is 16.8. The molecule has 0 fully saturated rings. The van der Waals surface area contributed by atoms with Crippen LogP contribution in [0.2, 0.25) is 0 Å². The van der Waals surface area contributed by atoms with Gasteiger partial charge in [0, 0.05) is 0 Å². The summed E-state index contributed by atoms with van der Waals surface area (Å²) in [5.74, 6) is 0.915. The number of ether oxygens (including phenoxy) is 1. The standard InChI is InChI=1S/C14H11O.C13H10.C5H5.2ClH.Zr/c1-15-12-6-7-14-11(9-12)8-10-4-2-3-5-13(10)14;1-3-7-12(8-4-1)11-13-9-5-2-6-10-13;1-2-4-5-3-1;;;/h2-9H,1H3;1-10H;1-3H,4H2;2*1H;/q-1;;-1;;;+2/p-2.